The summed E-state index contributed by atoms with van der Waals surface area (Å²) >= 11 is 0. The number of hydrogen-bond donors (Lipinski definition) is 4. The summed E-state index contributed by atoms with van der Waals surface area (Å²) in [6, 6.07) is 32.5. The average Bonchev–Trinajstić information content (AvgIpc) is 3.02. The maximum atomic E-state index is 12.6. The van der Waals surface area contributed by atoms with Crippen molar-refractivity contribution in [2.24, 2.45) is 0 Å². The van der Waals surface area contributed by atoms with Crippen molar-refractivity contribution in [2.45, 2.75) is 45.2 Å². The zero-order chi connectivity index (χ0) is 30.6. The highest BCUT2D eigenvalue weighted by Gasteiger charge is 2.13. The van der Waals surface area contributed by atoms with Crippen LogP contribution in [0.15, 0.2) is 109 Å². The molecule has 8 nitrogen and oxygen atoms in total. The van der Waals surface area contributed by atoms with Crippen molar-refractivity contribution in [3.8, 4) is 0 Å². The lowest BCUT2D eigenvalue weighted by atomic mass is 10.1. The van der Waals surface area contributed by atoms with Gasteiger partial charge in [-0.25, -0.2) is 0 Å². The number of anilines is 2. The van der Waals surface area contributed by atoms with Gasteiger partial charge in [-0.15, -0.1) is 0 Å². The Bertz CT molecular complexity index is 1410. The predicted octanol–water partition coefficient (Wildman–Crippen LogP) is 6.42. The molecular weight excluding hydrogens is 540 g/mol. The van der Waals surface area contributed by atoms with E-state index >= 15 is 0 Å². The van der Waals surface area contributed by atoms with Gasteiger partial charge in [-0.1, -0.05) is 60.7 Å². The Morgan fingerprint density at radius 2 is 0.860 bits per heavy atom. The highest BCUT2D eigenvalue weighted by atomic mass is 16.2. The van der Waals surface area contributed by atoms with Crippen LogP contribution in [0.4, 0.5) is 11.4 Å². The van der Waals surface area contributed by atoms with E-state index in [2.05, 4.69) is 21.3 Å². The van der Waals surface area contributed by atoms with Crippen LogP contribution in [0, 0.1) is 0 Å². The molecule has 0 saturated carbocycles. The predicted molar refractivity (Wildman–Crippen MR) is 169 cm³/mol. The average molecular weight is 577 g/mol. The highest BCUT2D eigenvalue weighted by molar-refractivity contribution is 5.97. The minimum Gasteiger partial charge on any atom is -0.346 e. The minimum atomic E-state index is -0.220. The molecule has 0 radical (unpaired) electrons. The van der Waals surface area contributed by atoms with E-state index < -0.39 is 0 Å². The van der Waals surface area contributed by atoms with Crippen LogP contribution in [0.2, 0.25) is 0 Å². The van der Waals surface area contributed by atoms with E-state index in [1.807, 2.05) is 74.5 Å². The molecule has 0 aliphatic heterocycles. The van der Waals surface area contributed by atoms with Gasteiger partial charge in [0.05, 0.1) is 12.1 Å². The van der Waals surface area contributed by atoms with Crippen LogP contribution >= 0.6 is 0 Å². The van der Waals surface area contributed by atoms with E-state index in [0.717, 1.165) is 11.1 Å². The number of carbonyl (C=O) groups excluding carboxylic acids is 4. The van der Waals surface area contributed by atoms with E-state index in [9.17, 15) is 19.2 Å². The molecule has 0 aliphatic rings. The quantitative estimate of drug-likeness (QED) is 0.156. The summed E-state index contributed by atoms with van der Waals surface area (Å²) in [5.74, 6) is -0.836. The molecular formula is C35H36N4O4. The molecule has 4 aromatic carbocycles. The molecule has 220 valence electrons. The second kappa shape index (κ2) is 15.1. The van der Waals surface area contributed by atoms with Crippen LogP contribution in [-0.4, -0.2) is 23.6 Å². The zero-order valence-electron chi connectivity index (χ0n) is 24.3. The van der Waals surface area contributed by atoms with Crippen LogP contribution in [-0.2, 0) is 9.59 Å². The molecule has 2 unspecified atom stereocenters. The second-order valence-electron chi connectivity index (χ2n) is 10.3. The third kappa shape index (κ3) is 9.39. The molecule has 0 bridgehead atoms. The number of amides is 4. The summed E-state index contributed by atoms with van der Waals surface area (Å²) in [4.78, 5) is 49.9. The van der Waals surface area contributed by atoms with Crippen molar-refractivity contribution < 1.29 is 19.2 Å². The van der Waals surface area contributed by atoms with E-state index in [0.29, 0.717) is 28.9 Å². The van der Waals surface area contributed by atoms with Crippen LogP contribution in [0.25, 0.3) is 0 Å². The Balaban J connectivity index is 1.16. The van der Waals surface area contributed by atoms with Crippen LogP contribution in [0.5, 0.6) is 0 Å². The standard InChI is InChI=1S/C35H36N4O4/c1-24(26-10-5-3-6-11-26)36-34(42)28-16-20-30(21-17-28)38-32(40)14-9-15-33(41)39-31-22-18-29(19-23-31)35(43)37-25(2)27-12-7-4-8-13-27/h3-8,10-13,16-25H,9,14-15H2,1-2H3,(H,36,42)(H,37,43)(H,38,40)(H,39,41). The number of nitrogens with one attached hydrogen (secondary N) is 4. The minimum absolute atomic E-state index is 0.134. The topological polar surface area (TPSA) is 116 Å². The second-order valence-corrected chi connectivity index (χ2v) is 10.3. The summed E-state index contributed by atoms with van der Waals surface area (Å²) in [7, 11) is 0. The first-order valence-corrected chi connectivity index (χ1v) is 14.3. The lowest BCUT2D eigenvalue weighted by Crippen LogP contribution is -2.26. The summed E-state index contributed by atoms with van der Waals surface area (Å²) < 4.78 is 0. The summed E-state index contributed by atoms with van der Waals surface area (Å²) in [5, 5.41) is 11.5. The van der Waals surface area contributed by atoms with Gasteiger partial charge in [0.25, 0.3) is 11.8 Å². The van der Waals surface area contributed by atoms with Gasteiger partial charge in [-0.3, -0.25) is 19.2 Å². The fraction of sp³-hybridized carbons (Fsp3) is 0.200. The Labute approximate surface area is 251 Å². The Morgan fingerprint density at radius 3 is 1.21 bits per heavy atom. The normalized spacial score (nSPS) is 12.0. The van der Waals surface area contributed by atoms with Crippen molar-refractivity contribution in [1.29, 1.82) is 0 Å². The van der Waals surface area contributed by atoms with Gasteiger partial charge in [0.15, 0.2) is 0 Å². The summed E-state index contributed by atoms with van der Waals surface area (Å²) in [6.07, 6.45) is 0.708. The Morgan fingerprint density at radius 1 is 0.512 bits per heavy atom. The molecule has 0 heterocycles. The molecule has 2 atom stereocenters. The van der Waals surface area contributed by atoms with E-state index in [1.54, 1.807) is 48.5 Å². The number of carbonyl (C=O) groups is 4. The largest absolute Gasteiger partial charge is 0.346 e. The maximum Gasteiger partial charge on any atom is 0.251 e. The number of hydrogen-bond acceptors (Lipinski definition) is 4. The third-order valence-electron chi connectivity index (χ3n) is 6.96. The van der Waals surface area contributed by atoms with Gasteiger partial charge in [0.1, 0.15) is 0 Å². The molecule has 0 saturated heterocycles. The van der Waals surface area contributed by atoms with E-state index in [1.165, 1.54) is 0 Å². The first-order chi connectivity index (χ1) is 20.8. The highest BCUT2D eigenvalue weighted by Crippen LogP contribution is 2.16. The van der Waals surface area contributed by atoms with Crippen molar-refractivity contribution in [1.82, 2.24) is 10.6 Å². The van der Waals surface area contributed by atoms with Gasteiger partial charge in [-0.2, -0.15) is 0 Å². The Hall–Kier alpha value is -5.24. The Kier molecular flexibility index (Phi) is 10.8. The fourth-order valence-electron chi connectivity index (χ4n) is 4.48. The molecule has 4 aromatic rings. The zero-order valence-corrected chi connectivity index (χ0v) is 24.3. The third-order valence-corrected chi connectivity index (χ3v) is 6.96. The first kappa shape index (κ1) is 30.7. The van der Waals surface area contributed by atoms with E-state index in [-0.39, 0.29) is 48.6 Å². The van der Waals surface area contributed by atoms with Crippen LogP contribution in [0.3, 0.4) is 0 Å². The molecule has 8 heteroatoms. The molecule has 0 fully saturated rings. The molecule has 0 aliphatic carbocycles. The SMILES string of the molecule is CC(NC(=O)c1ccc(NC(=O)CCCC(=O)Nc2ccc(C(=O)NC(C)c3ccccc3)cc2)cc1)c1ccccc1. The van der Waals surface area contributed by atoms with E-state index in [4.69, 9.17) is 0 Å². The molecule has 43 heavy (non-hydrogen) atoms. The van der Waals surface area contributed by atoms with Crippen molar-refractivity contribution in [3.63, 3.8) is 0 Å². The van der Waals surface area contributed by atoms with Gasteiger partial charge in [-0.05, 0) is 79.9 Å². The number of rotatable bonds is 12. The van der Waals surface area contributed by atoms with Crippen molar-refractivity contribution in [2.75, 3.05) is 10.6 Å². The smallest absolute Gasteiger partial charge is 0.251 e. The van der Waals surface area contributed by atoms with Crippen LogP contribution in [0.1, 0.15) is 77.0 Å². The lowest BCUT2D eigenvalue weighted by molar-refractivity contribution is -0.117. The first-order valence-electron chi connectivity index (χ1n) is 14.3. The van der Waals surface area contributed by atoms with Crippen LogP contribution < -0.4 is 21.3 Å². The van der Waals surface area contributed by atoms with Crippen molar-refractivity contribution >= 4 is 35.0 Å². The molecule has 0 aromatic heterocycles. The summed E-state index contributed by atoms with van der Waals surface area (Å²) in [6.45, 7) is 3.85. The van der Waals surface area contributed by atoms with Gasteiger partial charge < -0.3 is 21.3 Å². The molecule has 4 rings (SSSR count). The molecule has 4 amide bonds. The molecule has 0 spiro atoms. The maximum absolute atomic E-state index is 12.6. The van der Waals surface area contributed by atoms with Gasteiger partial charge >= 0.3 is 0 Å². The molecule has 4 N–H and O–H groups in total. The van der Waals surface area contributed by atoms with Gasteiger partial charge in [0.2, 0.25) is 11.8 Å². The monoisotopic (exact) mass is 576 g/mol. The van der Waals surface area contributed by atoms with Gasteiger partial charge in [0, 0.05) is 35.3 Å². The summed E-state index contributed by atoms with van der Waals surface area (Å²) in [5.41, 5.74) is 4.16. The fourth-order valence-corrected chi connectivity index (χ4v) is 4.48. The van der Waals surface area contributed by atoms with Crippen molar-refractivity contribution in [3.05, 3.63) is 131 Å². The number of benzene rings is 4. The lowest BCUT2D eigenvalue weighted by Gasteiger charge is -2.14.